The fourth-order valence-electron chi connectivity index (χ4n) is 8.40. The van der Waals surface area contributed by atoms with Gasteiger partial charge in [-0.25, -0.2) is 0 Å². The van der Waals surface area contributed by atoms with E-state index >= 15 is 0 Å². The van der Waals surface area contributed by atoms with Crippen molar-refractivity contribution in [1.82, 2.24) is 13.8 Å². The summed E-state index contributed by atoms with van der Waals surface area (Å²) in [6.45, 7) is 0. The zero-order valence-electron chi connectivity index (χ0n) is 27.7. The number of aromatic nitrogens is 4. The number of benzene rings is 7. The smallest absolute Gasteiger partial charge is 0.245 e. The molecule has 0 atom stereocenters. The Bertz CT molecular complexity index is 3050. The van der Waals surface area contributed by atoms with E-state index in [9.17, 15) is 0 Å². The van der Waals surface area contributed by atoms with Gasteiger partial charge in [0.1, 0.15) is 11.0 Å². The number of fused-ring (bicyclic) bond motifs is 9. The molecule has 4 nitrogen and oxygen atoms in total. The van der Waals surface area contributed by atoms with Gasteiger partial charge in [0.25, 0.3) is 0 Å². The van der Waals surface area contributed by atoms with E-state index in [4.69, 9.17) is 0 Å². The summed E-state index contributed by atoms with van der Waals surface area (Å²) in [5.74, 6) is 0. The third-order valence-electron chi connectivity index (χ3n) is 10.5. The second-order valence-electron chi connectivity index (χ2n) is 13.2. The predicted octanol–water partition coefficient (Wildman–Crippen LogP) is 11.3. The van der Waals surface area contributed by atoms with Crippen LogP contribution in [0.4, 0.5) is 0 Å². The Morgan fingerprint density at radius 2 is 0.784 bits per heavy atom. The normalized spacial score (nSPS) is 11.9. The first-order chi connectivity index (χ1) is 25.3. The maximum absolute atomic E-state index is 2.42. The monoisotopic (exact) mass is 651 g/mol. The van der Waals surface area contributed by atoms with Gasteiger partial charge in [-0.1, -0.05) is 108 Å². The topological polar surface area (TPSA) is 18.7 Å². The lowest BCUT2D eigenvalue weighted by Crippen LogP contribution is -2.43. The molecule has 0 aliphatic rings. The van der Waals surface area contributed by atoms with Gasteiger partial charge in [-0.3, -0.25) is 0 Å². The van der Waals surface area contributed by atoms with Gasteiger partial charge in [-0.05, 0) is 66.7 Å². The molecule has 0 aliphatic carbocycles. The average molecular weight is 652 g/mol. The summed E-state index contributed by atoms with van der Waals surface area (Å²) in [6, 6.07) is 65.8. The molecule has 0 N–H and O–H groups in total. The highest BCUT2D eigenvalue weighted by Crippen LogP contribution is 2.37. The number of para-hydroxylation sites is 6. The van der Waals surface area contributed by atoms with Crippen LogP contribution in [0.2, 0.25) is 0 Å². The third kappa shape index (κ3) is 3.99. The SMILES string of the molecule is c1ccc(-n2c3ccccc3c3ccccc32)c(-c2cccc[n+]2-n2c3ccccc3c3cc(-n4c5ccccc5c5ccccc54)ccc32)c1. The molecule has 0 amide bonds. The van der Waals surface area contributed by atoms with Crippen LogP contribution in [-0.2, 0) is 0 Å². The molecule has 0 aliphatic heterocycles. The third-order valence-corrected chi connectivity index (χ3v) is 10.5. The largest absolute Gasteiger partial charge is 0.309 e. The number of pyridine rings is 1. The van der Waals surface area contributed by atoms with Crippen LogP contribution in [0, 0.1) is 0 Å². The van der Waals surface area contributed by atoms with E-state index in [1.54, 1.807) is 0 Å². The maximum atomic E-state index is 2.42. The van der Waals surface area contributed by atoms with Gasteiger partial charge in [0.05, 0.1) is 33.3 Å². The van der Waals surface area contributed by atoms with E-state index in [-0.39, 0.29) is 0 Å². The van der Waals surface area contributed by atoms with Crippen molar-refractivity contribution in [2.45, 2.75) is 0 Å². The molecule has 11 rings (SSSR count). The predicted molar refractivity (Wildman–Crippen MR) is 211 cm³/mol. The summed E-state index contributed by atoms with van der Waals surface area (Å²) in [4.78, 5) is 0. The molecule has 0 spiro atoms. The minimum Gasteiger partial charge on any atom is -0.309 e. The molecule has 0 radical (unpaired) electrons. The number of hydrogen-bond donors (Lipinski definition) is 0. The number of hydrogen-bond acceptors (Lipinski definition) is 0. The van der Waals surface area contributed by atoms with Gasteiger partial charge in [-0.2, -0.15) is 0 Å². The molecule has 4 heterocycles. The van der Waals surface area contributed by atoms with Gasteiger partial charge < -0.3 is 9.13 Å². The van der Waals surface area contributed by atoms with Crippen molar-refractivity contribution in [1.29, 1.82) is 0 Å². The minimum absolute atomic E-state index is 1.10. The lowest BCUT2D eigenvalue weighted by molar-refractivity contribution is -0.710. The molecule has 0 saturated carbocycles. The molecule has 0 fully saturated rings. The Morgan fingerprint density at radius 1 is 0.333 bits per heavy atom. The first-order valence-corrected chi connectivity index (χ1v) is 17.5. The van der Waals surface area contributed by atoms with Crippen molar-refractivity contribution < 1.29 is 4.68 Å². The highest BCUT2D eigenvalue weighted by molar-refractivity contribution is 6.12. The van der Waals surface area contributed by atoms with Crippen LogP contribution >= 0.6 is 0 Å². The molecule has 0 unspecified atom stereocenters. The standard InChI is InChI=1S/C47H31N4/c1-7-22-41-33(15-1)34-16-2-8-23-42(34)49(41)32-28-29-47-39(31-32)37-19-5-12-27-46(37)51(47)48-30-14-13-21-40(48)38-20-6-11-26-45(38)50-43-24-9-3-17-35(43)36-18-4-10-25-44(36)50/h1-31H/q+1. The second kappa shape index (κ2) is 10.8. The highest BCUT2D eigenvalue weighted by Gasteiger charge is 2.25. The Morgan fingerprint density at radius 3 is 1.39 bits per heavy atom. The van der Waals surface area contributed by atoms with Crippen LogP contribution in [0.1, 0.15) is 0 Å². The van der Waals surface area contributed by atoms with E-state index in [0.29, 0.717) is 0 Å². The molecular weight excluding hydrogens is 621 g/mol. The van der Waals surface area contributed by atoms with Crippen LogP contribution in [0.5, 0.6) is 0 Å². The molecule has 7 aromatic carbocycles. The van der Waals surface area contributed by atoms with E-state index in [2.05, 4.69) is 207 Å². The van der Waals surface area contributed by atoms with Gasteiger partial charge in [0, 0.05) is 50.1 Å². The van der Waals surface area contributed by atoms with Crippen LogP contribution < -0.4 is 4.68 Å². The van der Waals surface area contributed by atoms with Gasteiger partial charge in [0.15, 0.2) is 0 Å². The van der Waals surface area contributed by atoms with Crippen molar-refractivity contribution in [3.8, 4) is 22.6 Å². The average Bonchev–Trinajstić information content (AvgIpc) is 3.83. The van der Waals surface area contributed by atoms with Crippen molar-refractivity contribution in [3.63, 3.8) is 0 Å². The summed E-state index contributed by atoms with van der Waals surface area (Å²) >= 11 is 0. The van der Waals surface area contributed by atoms with Crippen LogP contribution in [0.15, 0.2) is 188 Å². The molecule has 0 saturated heterocycles. The second-order valence-corrected chi connectivity index (χ2v) is 13.2. The lowest BCUT2D eigenvalue weighted by Gasteiger charge is -2.14. The summed E-state index contributed by atoms with van der Waals surface area (Å²) in [5.41, 5.74) is 11.7. The molecule has 4 aromatic heterocycles. The first kappa shape index (κ1) is 28.0. The Balaban J connectivity index is 1.17. The first-order valence-electron chi connectivity index (χ1n) is 17.5. The van der Waals surface area contributed by atoms with Crippen molar-refractivity contribution in [2.24, 2.45) is 0 Å². The zero-order valence-corrected chi connectivity index (χ0v) is 27.7. The Kier molecular flexibility index (Phi) is 5.92. The van der Waals surface area contributed by atoms with E-state index < -0.39 is 0 Å². The van der Waals surface area contributed by atoms with Gasteiger partial charge in [-0.15, -0.1) is 4.68 Å². The fourth-order valence-corrected chi connectivity index (χ4v) is 8.40. The molecule has 11 aromatic rings. The van der Waals surface area contributed by atoms with E-state index in [1.165, 1.54) is 54.4 Å². The number of rotatable bonds is 4. The van der Waals surface area contributed by atoms with E-state index in [1.807, 2.05) is 0 Å². The Hall–Kier alpha value is -6.91. The summed E-state index contributed by atoms with van der Waals surface area (Å²) in [7, 11) is 0. The number of nitrogens with zero attached hydrogens (tertiary/aromatic N) is 4. The molecule has 4 heteroatoms. The maximum Gasteiger partial charge on any atom is 0.245 e. The van der Waals surface area contributed by atoms with E-state index in [0.717, 1.165) is 33.7 Å². The summed E-state index contributed by atoms with van der Waals surface area (Å²) < 4.78 is 9.51. The molecule has 238 valence electrons. The Labute approximate surface area is 293 Å². The quantitative estimate of drug-likeness (QED) is 0.169. The molecule has 51 heavy (non-hydrogen) atoms. The van der Waals surface area contributed by atoms with Crippen molar-refractivity contribution in [3.05, 3.63) is 188 Å². The summed E-state index contributed by atoms with van der Waals surface area (Å²) in [5, 5.41) is 7.47. The van der Waals surface area contributed by atoms with Gasteiger partial charge in [0.2, 0.25) is 11.9 Å². The molecule has 0 bridgehead atoms. The van der Waals surface area contributed by atoms with Crippen molar-refractivity contribution >= 4 is 65.4 Å². The highest BCUT2D eigenvalue weighted by atomic mass is 15.5. The van der Waals surface area contributed by atoms with Gasteiger partial charge >= 0.3 is 0 Å². The molecular formula is C47H31N4+. The lowest BCUT2D eigenvalue weighted by atomic mass is 10.1. The van der Waals surface area contributed by atoms with Crippen LogP contribution in [-0.4, -0.2) is 13.8 Å². The fraction of sp³-hybridized carbons (Fsp3) is 0. The minimum atomic E-state index is 1.10. The van der Waals surface area contributed by atoms with Crippen molar-refractivity contribution in [2.75, 3.05) is 0 Å². The van der Waals surface area contributed by atoms with Crippen LogP contribution in [0.3, 0.4) is 0 Å². The van der Waals surface area contributed by atoms with Crippen LogP contribution in [0.25, 0.3) is 88.0 Å². The summed E-state index contributed by atoms with van der Waals surface area (Å²) in [6.07, 6.45) is 2.19. The zero-order chi connectivity index (χ0) is 33.5.